The zero-order valence-corrected chi connectivity index (χ0v) is 18.9. The zero-order chi connectivity index (χ0) is 20.4. The summed E-state index contributed by atoms with van der Waals surface area (Å²) in [5.74, 6) is 1.19. The van der Waals surface area contributed by atoms with Crippen molar-refractivity contribution >= 4 is 67.6 Å². The maximum absolute atomic E-state index is 12.6. The average molecular weight is 468 g/mol. The molecule has 1 aromatic heterocycles. The van der Waals surface area contributed by atoms with Crippen LogP contribution >= 0.6 is 46.3 Å². The van der Waals surface area contributed by atoms with Crippen molar-refractivity contribution in [1.82, 2.24) is 9.88 Å². The van der Waals surface area contributed by atoms with E-state index in [1.165, 1.54) is 11.8 Å². The lowest BCUT2D eigenvalue weighted by atomic mass is 10.3. The second-order valence-corrected chi connectivity index (χ2v) is 9.44. The number of thioether (sulfide) groups is 1. The van der Waals surface area contributed by atoms with Crippen LogP contribution in [0.15, 0.2) is 41.3 Å². The molecule has 1 aliphatic rings. The number of nitrogens with zero attached hydrogens (tertiary/aromatic N) is 3. The molecule has 9 heteroatoms. The zero-order valence-electron chi connectivity index (χ0n) is 15.7. The van der Waals surface area contributed by atoms with Crippen LogP contribution in [0, 0.1) is 0 Å². The van der Waals surface area contributed by atoms with Crippen molar-refractivity contribution < 1.29 is 9.53 Å². The highest BCUT2D eigenvalue weighted by Gasteiger charge is 2.24. The molecule has 152 valence electrons. The summed E-state index contributed by atoms with van der Waals surface area (Å²) < 4.78 is 6.45. The normalized spacial score (nSPS) is 14.4. The third-order valence-corrected chi connectivity index (χ3v) is 7.37. The second kappa shape index (κ2) is 9.00. The van der Waals surface area contributed by atoms with Crippen LogP contribution in [0.25, 0.3) is 10.2 Å². The lowest BCUT2D eigenvalue weighted by Crippen LogP contribution is -2.49. The number of carbonyl (C=O) groups excluding carboxylic acids is 1. The fourth-order valence-electron chi connectivity index (χ4n) is 3.18. The van der Waals surface area contributed by atoms with Crippen LogP contribution in [0.1, 0.15) is 0 Å². The van der Waals surface area contributed by atoms with Gasteiger partial charge in [-0.3, -0.25) is 4.79 Å². The van der Waals surface area contributed by atoms with E-state index in [1.54, 1.807) is 18.4 Å². The average Bonchev–Trinajstić information content (AvgIpc) is 3.17. The van der Waals surface area contributed by atoms with E-state index >= 15 is 0 Å². The SMILES string of the molecule is COc1c(Cl)ccc2sc(N3CCN(C(=O)CSc4ccc(Cl)cc4)CC3)nc12. The number of anilines is 1. The Morgan fingerprint density at radius 1 is 1.14 bits per heavy atom. The first-order valence-corrected chi connectivity index (χ1v) is 11.6. The van der Waals surface area contributed by atoms with Gasteiger partial charge in [-0.05, 0) is 36.4 Å². The summed E-state index contributed by atoms with van der Waals surface area (Å²) in [7, 11) is 1.60. The number of hydrogen-bond acceptors (Lipinski definition) is 6. The minimum atomic E-state index is 0.155. The van der Waals surface area contributed by atoms with E-state index in [0.29, 0.717) is 34.6 Å². The van der Waals surface area contributed by atoms with E-state index in [2.05, 4.69) is 4.90 Å². The molecule has 3 aromatic rings. The Balaban J connectivity index is 1.36. The summed E-state index contributed by atoms with van der Waals surface area (Å²) in [5, 5.41) is 2.19. The van der Waals surface area contributed by atoms with Gasteiger partial charge in [0.2, 0.25) is 5.91 Å². The molecule has 1 saturated heterocycles. The van der Waals surface area contributed by atoms with Gasteiger partial charge in [-0.15, -0.1) is 11.8 Å². The highest BCUT2D eigenvalue weighted by molar-refractivity contribution is 8.00. The van der Waals surface area contributed by atoms with Gasteiger partial charge >= 0.3 is 0 Å². The lowest BCUT2D eigenvalue weighted by Gasteiger charge is -2.34. The van der Waals surface area contributed by atoms with Crippen LogP contribution in [0.3, 0.4) is 0 Å². The molecule has 1 aliphatic heterocycles. The Bertz CT molecular complexity index is 1020. The highest BCUT2D eigenvalue weighted by Crippen LogP contribution is 2.38. The Morgan fingerprint density at radius 3 is 2.55 bits per heavy atom. The van der Waals surface area contributed by atoms with Gasteiger partial charge in [0.25, 0.3) is 0 Å². The maximum atomic E-state index is 12.6. The van der Waals surface area contributed by atoms with Gasteiger partial charge < -0.3 is 14.5 Å². The molecule has 0 aliphatic carbocycles. The molecule has 5 nitrogen and oxygen atoms in total. The minimum absolute atomic E-state index is 0.155. The summed E-state index contributed by atoms with van der Waals surface area (Å²) >= 11 is 15.3. The van der Waals surface area contributed by atoms with E-state index in [-0.39, 0.29) is 5.91 Å². The lowest BCUT2D eigenvalue weighted by molar-refractivity contribution is -0.128. The number of hydrogen-bond donors (Lipinski definition) is 0. The van der Waals surface area contributed by atoms with Crippen LogP contribution in [-0.4, -0.2) is 54.8 Å². The van der Waals surface area contributed by atoms with Crippen molar-refractivity contribution in [2.75, 3.05) is 43.9 Å². The molecule has 2 heterocycles. The monoisotopic (exact) mass is 467 g/mol. The summed E-state index contributed by atoms with van der Waals surface area (Å²) in [6.45, 7) is 2.89. The summed E-state index contributed by atoms with van der Waals surface area (Å²) in [6.07, 6.45) is 0. The number of thiazole rings is 1. The van der Waals surface area contributed by atoms with Gasteiger partial charge in [0.05, 0.1) is 22.6 Å². The molecular weight excluding hydrogens is 449 g/mol. The number of ether oxygens (including phenoxy) is 1. The van der Waals surface area contributed by atoms with Crippen molar-refractivity contribution in [2.45, 2.75) is 4.90 Å². The Morgan fingerprint density at radius 2 is 1.86 bits per heavy atom. The number of fused-ring (bicyclic) bond motifs is 1. The molecule has 0 bridgehead atoms. The van der Waals surface area contributed by atoms with Gasteiger partial charge in [0.15, 0.2) is 10.9 Å². The fourth-order valence-corrected chi connectivity index (χ4v) is 5.35. The van der Waals surface area contributed by atoms with Crippen molar-refractivity contribution in [2.24, 2.45) is 0 Å². The van der Waals surface area contributed by atoms with Crippen LogP contribution in [0.4, 0.5) is 5.13 Å². The van der Waals surface area contributed by atoms with E-state index in [1.807, 2.05) is 41.3 Å². The fraction of sp³-hybridized carbons (Fsp3) is 0.300. The van der Waals surface area contributed by atoms with Crippen LogP contribution in [0.5, 0.6) is 5.75 Å². The Hall–Kier alpha value is -1.67. The number of amides is 1. The van der Waals surface area contributed by atoms with Crippen molar-refractivity contribution in [3.8, 4) is 5.75 Å². The first kappa shape index (κ1) is 20.6. The predicted molar refractivity (Wildman–Crippen MR) is 122 cm³/mol. The predicted octanol–water partition coefficient (Wildman–Crippen LogP) is 5.05. The molecule has 0 N–H and O–H groups in total. The number of aromatic nitrogens is 1. The molecule has 0 saturated carbocycles. The van der Waals surface area contributed by atoms with Gasteiger partial charge in [0, 0.05) is 36.1 Å². The van der Waals surface area contributed by atoms with Crippen LogP contribution < -0.4 is 9.64 Å². The smallest absolute Gasteiger partial charge is 0.233 e. The van der Waals surface area contributed by atoms with E-state index < -0.39 is 0 Å². The van der Waals surface area contributed by atoms with Gasteiger partial charge in [-0.1, -0.05) is 34.5 Å². The quantitative estimate of drug-likeness (QED) is 0.491. The van der Waals surface area contributed by atoms with Gasteiger partial charge in [-0.25, -0.2) is 4.98 Å². The molecule has 2 aromatic carbocycles. The van der Waals surface area contributed by atoms with Crippen molar-refractivity contribution in [1.29, 1.82) is 0 Å². The summed E-state index contributed by atoms with van der Waals surface area (Å²) in [4.78, 5) is 22.5. The molecule has 1 amide bonds. The molecule has 4 rings (SSSR count). The standard InChI is InChI=1S/C20H19Cl2N3O2S2/c1-27-19-15(22)6-7-16-18(19)23-20(29-16)25-10-8-24(9-11-25)17(26)12-28-14-4-2-13(21)3-5-14/h2-7H,8-12H2,1H3. The number of rotatable bonds is 5. The molecule has 0 radical (unpaired) electrons. The van der Waals surface area contributed by atoms with E-state index in [0.717, 1.165) is 33.3 Å². The summed E-state index contributed by atoms with van der Waals surface area (Å²) in [6, 6.07) is 11.4. The van der Waals surface area contributed by atoms with Crippen molar-refractivity contribution in [3.05, 3.63) is 46.4 Å². The molecule has 0 spiro atoms. The van der Waals surface area contributed by atoms with E-state index in [4.69, 9.17) is 32.9 Å². The number of carbonyl (C=O) groups is 1. The van der Waals surface area contributed by atoms with Crippen LogP contribution in [-0.2, 0) is 4.79 Å². The van der Waals surface area contributed by atoms with Crippen LogP contribution in [0.2, 0.25) is 10.0 Å². The largest absolute Gasteiger partial charge is 0.493 e. The molecule has 29 heavy (non-hydrogen) atoms. The minimum Gasteiger partial charge on any atom is -0.493 e. The Kier molecular flexibility index (Phi) is 6.39. The Labute approximate surface area is 187 Å². The number of halogens is 2. The number of methoxy groups -OCH3 is 1. The topological polar surface area (TPSA) is 45.7 Å². The second-order valence-electron chi connectivity index (χ2n) is 6.53. The van der Waals surface area contributed by atoms with Gasteiger partial charge in [0.1, 0.15) is 5.52 Å². The molecule has 1 fully saturated rings. The first-order valence-electron chi connectivity index (χ1n) is 9.09. The summed E-state index contributed by atoms with van der Waals surface area (Å²) in [5.41, 5.74) is 0.790. The number of piperazine rings is 1. The maximum Gasteiger partial charge on any atom is 0.233 e. The third-order valence-electron chi connectivity index (χ3n) is 4.74. The molecule has 0 atom stereocenters. The number of benzene rings is 2. The molecular formula is C20H19Cl2N3O2S2. The highest BCUT2D eigenvalue weighted by atomic mass is 35.5. The van der Waals surface area contributed by atoms with Crippen molar-refractivity contribution in [3.63, 3.8) is 0 Å². The third kappa shape index (κ3) is 4.58. The van der Waals surface area contributed by atoms with E-state index in [9.17, 15) is 4.79 Å². The van der Waals surface area contributed by atoms with Gasteiger partial charge in [-0.2, -0.15) is 0 Å². The molecule has 0 unspecified atom stereocenters. The first-order chi connectivity index (χ1) is 14.0.